The lowest BCUT2D eigenvalue weighted by Crippen LogP contribution is -2.42. The van der Waals surface area contributed by atoms with E-state index in [4.69, 9.17) is 23.2 Å². The van der Waals surface area contributed by atoms with Crippen LogP contribution in [0.15, 0.2) is 23.7 Å². The van der Waals surface area contributed by atoms with Gasteiger partial charge in [-0.15, -0.1) is 0 Å². The summed E-state index contributed by atoms with van der Waals surface area (Å²) in [4.78, 5) is 25.0. The fraction of sp³-hybridized carbons (Fsp3) is 0.750. The summed E-state index contributed by atoms with van der Waals surface area (Å²) in [5.41, 5.74) is -0.192. The minimum absolute atomic E-state index is 0.0110. The lowest BCUT2D eigenvalue weighted by molar-refractivity contribution is -0.162. The summed E-state index contributed by atoms with van der Waals surface area (Å²) in [6.07, 6.45) is -6.24. The summed E-state index contributed by atoms with van der Waals surface area (Å²) in [5, 5.41) is 9.99. The molecule has 0 aromatic heterocycles. The standard InChI is InChI=1S/C24H36O5/c1-5-15(3)24(27)29-21-11-14(2)10-17-7-6-16(4)20(23(17)21)9-8-19-12-18(25)13-22(26)28-19/h6-7,10,14-16,18-21,23,25H,5,8-9,11-13H2,1-4H3/t14-,15-,16-,18+,19?,20-,21?,23-/m0/s1/i3D3,6D,7D,10D,11D2,14D,16D. The van der Waals surface area contributed by atoms with Crippen molar-refractivity contribution in [2.24, 2.45) is 29.5 Å². The first-order chi connectivity index (χ1) is 17.7. The maximum Gasteiger partial charge on any atom is 0.308 e. The average molecular weight is 415 g/mol. The molecule has 1 aliphatic heterocycles. The molecule has 0 amide bonds. The third-order valence-corrected chi connectivity index (χ3v) is 5.70. The molecule has 0 bridgehead atoms. The Morgan fingerprint density at radius 3 is 3.00 bits per heavy atom. The van der Waals surface area contributed by atoms with Gasteiger partial charge in [-0.1, -0.05) is 45.8 Å². The zero-order chi connectivity index (χ0) is 29.9. The van der Waals surface area contributed by atoms with Gasteiger partial charge in [0.2, 0.25) is 0 Å². The molecule has 29 heavy (non-hydrogen) atoms. The van der Waals surface area contributed by atoms with E-state index in [0.717, 1.165) is 6.92 Å². The molecule has 1 saturated heterocycles. The Labute approximate surface area is 188 Å². The smallest absolute Gasteiger partial charge is 0.308 e. The predicted molar refractivity (Wildman–Crippen MR) is 111 cm³/mol. The molecule has 3 rings (SSSR count). The van der Waals surface area contributed by atoms with E-state index in [-0.39, 0.29) is 37.7 Å². The van der Waals surface area contributed by atoms with E-state index < -0.39 is 91.2 Å². The Hall–Kier alpha value is -1.62. The molecule has 0 radical (unpaired) electrons. The molecule has 0 aromatic carbocycles. The van der Waals surface area contributed by atoms with Crippen LogP contribution in [0.1, 0.15) is 79.8 Å². The summed E-state index contributed by atoms with van der Waals surface area (Å²) in [6.45, 7) is 1.19. The zero-order valence-electron chi connectivity index (χ0n) is 27.1. The fourth-order valence-corrected chi connectivity index (χ4v) is 4.11. The second-order valence-corrected chi connectivity index (χ2v) is 7.97. The van der Waals surface area contributed by atoms with E-state index in [9.17, 15) is 14.7 Å². The molecular weight excluding hydrogens is 368 g/mol. The molecule has 162 valence electrons. The molecule has 1 fully saturated rings. The number of hydrogen-bond donors (Lipinski definition) is 1. The molecule has 8 atom stereocenters. The first-order valence-corrected chi connectivity index (χ1v) is 10.2. The van der Waals surface area contributed by atoms with Crippen LogP contribution in [0.2, 0.25) is 0 Å². The quantitative estimate of drug-likeness (QED) is 0.660. The molecule has 3 aliphatic rings. The lowest BCUT2D eigenvalue weighted by Gasteiger charge is -2.43. The molecule has 0 saturated carbocycles. The number of ether oxygens (including phenoxy) is 2. The number of hydrogen-bond acceptors (Lipinski definition) is 5. The maximum atomic E-state index is 13.1. The fourth-order valence-electron chi connectivity index (χ4n) is 4.11. The number of aliphatic hydroxyl groups is 1. The van der Waals surface area contributed by atoms with Crippen molar-refractivity contribution in [1.82, 2.24) is 0 Å². The van der Waals surface area contributed by atoms with Crippen LogP contribution in [0.3, 0.4) is 0 Å². The van der Waals surface area contributed by atoms with Crippen molar-refractivity contribution in [3.05, 3.63) is 23.7 Å². The van der Waals surface area contributed by atoms with Crippen molar-refractivity contribution in [2.45, 2.75) is 84.4 Å². The molecule has 5 heteroatoms. The molecule has 5 nitrogen and oxygen atoms in total. The van der Waals surface area contributed by atoms with Crippen molar-refractivity contribution in [2.75, 3.05) is 0 Å². The summed E-state index contributed by atoms with van der Waals surface area (Å²) < 4.78 is 95.3. The third-order valence-electron chi connectivity index (χ3n) is 5.70. The molecule has 0 aromatic rings. The minimum atomic E-state index is -2.74. The lowest BCUT2D eigenvalue weighted by atomic mass is 9.65. The van der Waals surface area contributed by atoms with Gasteiger partial charge in [0.1, 0.15) is 12.2 Å². The van der Waals surface area contributed by atoms with Gasteiger partial charge in [-0.05, 0) is 48.9 Å². The number of carbonyl (C=O) groups excluding carboxylic acids is 2. The van der Waals surface area contributed by atoms with E-state index in [1.165, 1.54) is 13.8 Å². The van der Waals surface area contributed by atoms with Crippen molar-refractivity contribution in [3.63, 3.8) is 0 Å². The first-order valence-electron chi connectivity index (χ1n) is 15.2. The van der Waals surface area contributed by atoms with Crippen LogP contribution < -0.4 is 0 Å². The van der Waals surface area contributed by atoms with Gasteiger partial charge in [0.05, 0.1) is 22.6 Å². The van der Waals surface area contributed by atoms with Gasteiger partial charge >= 0.3 is 11.9 Å². The van der Waals surface area contributed by atoms with Crippen LogP contribution in [-0.4, -0.2) is 35.4 Å². The van der Waals surface area contributed by atoms with Gasteiger partial charge in [0, 0.05) is 21.9 Å². The monoisotopic (exact) mass is 414 g/mol. The van der Waals surface area contributed by atoms with E-state index in [2.05, 4.69) is 0 Å². The average Bonchev–Trinajstić information content (AvgIpc) is 2.78. The Kier molecular flexibility index (Phi) is 4.01. The Morgan fingerprint density at radius 1 is 1.52 bits per heavy atom. The zero-order valence-corrected chi connectivity index (χ0v) is 17.1. The molecule has 0 spiro atoms. The molecular formula is C24H36O5. The number of carbonyl (C=O) groups is 2. The summed E-state index contributed by atoms with van der Waals surface area (Å²) in [6, 6.07) is -1.57. The number of esters is 2. The number of fused-ring (bicyclic) bond motifs is 1. The number of cyclic esters (lactones) is 1. The van der Waals surface area contributed by atoms with Gasteiger partial charge in [0.25, 0.3) is 0 Å². The van der Waals surface area contributed by atoms with E-state index in [0.29, 0.717) is 0 Å². The van der Waals surface area contributed by atoms with Crippen LogP contribution in [0, 0.1) is 29.5 Å². The molecule has 1 heterocycles. The van der Waals surface area contributed by atoms with Gasteiger partial charge < -0.3 is 14.6 Å². The largest absolute Gasteiger partial charge is 0.462 e. The Bertz CT molecular complexity index is 1060. The van der Waals surface area contributed by atoms with E-state index in [1.54, 1.807) is 0 Å². The van der Waals surface area contributed by atoms with Crippen molar-refractivity contribution in [1.29, 1.82) is 0 Å². The van der Waals surface area contributed by atoms with Gasteiger partial charge in [-0.3, -0.25) is 9.59 Å². The normalized spacial score (nSPS) is 51.2. The van der Waals surface area contributed by atoms with E-state index in [1.807, 2.05) is 0 Å². The summed E-state index contributed by atoms with van der Waals surface area (Å²) >= 11 is 0. The second-order valence-electron chi connectivity index (χ2n) is 7.97. The SMILES string of the molecule is [2H]C1=C([2H])[C@]([2H])(C)[C@H](CCC2C[C@@H](O)CC(=O)O2)[C@@H]2C1=C([2H])[C@]([2H])(C)C([2H])([2H])C2OC(=O)[C@H](CC)C([2H])([2H])[2H]. The summed E-state index contributed by atoms with van der Waals surface area (Å²) in [7, 11) is 0. The predicted octanol–water partition coefficient (Wildman–Crippen LogP) is 4.20. The highest BCUT2D eigenvalue weighted by molar-refractivity contribution is 5.72. The van der Waals surface area contributed by atoms with Gasteiger partial charge in [-0.25, -0.2) is 0 Å². The van der Waals surface area contributed by atoms with Gasteiger partial charge in [0.15, 0.2) is 0 Å². The van der Waals surface area contributed by atoms with Crippen LogP contribution in [0.5, 0.6) is 0 Å². The molecule has 2 aliphatic carbocycles. The number of rotatable bonds is 6. The Balaban J connectivity index is 2.14. The first kappa shape index (κ1) is 12.3. The van der Waals surface area contributed by atoms with Crippen molar-refractivity contribution >= 4 is 11.9 Å². The van der Waals surface area contributed by atoms with Crippen LogP contribution in [-0.2, 0) is 19.1 Å². The summed E-state index contributed by atoms with van der Waals surface area (Å²) in [5.74, 6) is -9.91. The van der Waals surface area contributed by atoms with Gasteiger partial charge in [-0.2, -0.15) is 0 Å². The Morgan fingerprint density at radius 2 is 2.31 bits per heavy atom. The highest BCUT2D eigenvalue weighted by Gasteiger charge is 2.42. The third kappa shape index (κ3) is 5.30. The van der Waals surface area contributed by atoms with Crippen LogP contribution >= 0.6 is 0 Å². The highest BCUT2D eigenvalue weighted by Crippen LogP contribution is 2.45. The van der Waals surface area contributed by atoms with Crippen LogP contribution in [0.4, 0.5) is 0 Å². The maximum absolute atomic E-state index is 13.1. The van der Waals surface area contributed by atoms with Crippen molar-refractivity contribution < 1.29 is 37.9 Å². The topological polar surface area (TPSA) is 72.8 Å². The van der Waals surface area contributed by atoms with Crippen molar-refractivity contribution in [3.8, 4) is 0 Å². The molecule has 2 unspecified atom stereocenters. The number of allylic oxidation sites excluding steroid dienone is 3. The van der Waals surface area contributed by atoms with Crippen LogP contribution in [0.25, 0.3) is 0 Å². The number of aliphatic hydroxyl groups excluding tert-OH is 1. The molecule has 1 N–H and O–H groups in total. The minimum Gasteiger partial charge on any atom is -0.462 e. The van der Waals surface area contributed by atoms with E-state index >= 15 is 0 Å². The second kappa shape index (κ2) is 9.46. The highest BCUT2D eigenvalue weighted by atomic mass is 16.5.